The van der Waals surface area contributed by atoms with Crippen molar-refractivity contribution in [1.29, 1.82) is 0 Å². The first-order valence-corrected chi connectivity index (χ1v) is 17.0. The fourth-order valence-electron chi connectivity index (χ4n) is 8.30. The third kappa shape index (κ3) is 4.07. The van der Waals surface area contributed by atoms with Gasteiger partial charge < -0.3 is 9.32 Å². The molecule has 0 radical (unpaired) electrons. The van der Waals surface area contributed by atoms with Gasteiger partial charge in [-0.1, -0.05) is 127 Å². The van der Waals surface area contributed by atoms with Gasteiger partial charge in [0, 0.05) is 33.2 Å². The van der Waals surface area contributed by atoms with Crippen molar-refractivity contribution >= 4 is 49.8 Å². The Labute approximate surface area is 289 Å². The molecular weight excluding hydrogens is 614 g/mol. The van der Waals surface area contributed by atoms with Crippen LogP contribution in [0.25, 0.3) is 43.8 Å². The first-order chi connectivity index (χ1) is 24.7. The number of hydrogen-bond acceptors (Lipinski definition) is 2. The maximum atomic E-state index is 16.3. The van der Waals surface area contributed by atoms with Crippen molar-refractivity contribution < 1.29 is 8.81 Å². The summed E-state index contributed by atoms with van der Waals surface area (Å²) in [6.07, 6.45) is 0. The van der Waals surface area contributed by atoms with E-state index in [1.165, 1.54) is 0 Å². The summed E-state index contributed by atoms with van der Waals surface area (Å²) >= 11 is 0. The van der Waals surface area contributed by atoms with Crippen LogP contribution in [0.4, 0.5) is 21.5 Å². The first kappa shape index (κ1) is 28.6. The highest BCUT2D eigenvalue weighted by Crippen LogP contribution is 2.59. The number of hydrogen-bond donors (Lipinski definition) is 0. The van der Waals surface area contributed by atoms with Crippen LogP contribution in [0.2, 0.25) is 0 Å². The predicted molar refractivity (Wildman–Crippen MR) is 203 cm³/mol. The molecule has 3 heteroatoms. The molecule has 1 aromatic heterocycles. The number of anilines is 3. The van der Waals surface area contributed by atoms with Crippen LogP contribution in [-0.4, -0.2) is 0 Å². The monoisotopic (exact) mass is 643 g/mol. The minimum absolute atomic E-state index is 0.213. The molecule has 0 aliphatic heterocycles. The van der Waals surface area contributed by atoms with Crippen molar-refractivity contribution in [3.05, 3.63) is 210 Å². The van der Waals surface area contributed by atoms with Crippen LogP contribution in [0, 0.1) is 5.82 Å². The first-order valence-electron chi connectivity index (χ1n) is 17.0. The smallest absolute Gasteiger partial charge is 0.135 e. The van der Waals surface area contributed by atoms with E-state index in [-0.39, 0.29) is 5.82 Å². The summed E-state index contributed by atoms with van der Waals surface area (Å²) in [5.41, 5.74) is 10.5. The average Bonchev–Trinajstić information content (AvgIpc) is 3.69. The summed E-state index contributed by atoms with van der Waals surface area (Å²) in [7, 11) is 0. The zero-order valence-corrected chi connectivity index (χ0v) is 27.1. The summed E-state index contributed by atoms with van der Waals surface area (Å²) in [6, 6.07) is 62.6. The molecule has 0 spiro atoms. The van der Waals surface area contributed by atoms with E-state index in [1.807, 2.05) is 48.5 Å². The Balaban J connectivity index is 1.30. The number of furan rings is 1. The molecule has 236 valence electrons. The molecule has 50 heavy (non-hydrogen) atoms. The maximum Gasteiger partial charge on any atom is 0.135 e. The summed E-state index contributed by atoms with van der Waals surface area (Å²) in [4.78, 5) is 2.31. The standard InChI is InChI=1S/C47H30FNO/c48-43-30-42-46(38-22-11-10-20-36(38)43)39-26-24-35(29-41(39)47(42,31-14-4-1-5-15-31)32-16-6-2-7-17-32)49(33-18-8-3-9-19-33)34-25-27-45-40(28-34)37-21-12-13-23-44(37)50-45/h1-30H. The van der Waals surface area contributed by atoms with Crippen LogP contribution >= 0.6 is 0 Å². The summed E-state index contributed by atoms with van der Waals surface area (Å²) in [5, 5.41) is 3.70. The SMILES string of the molecule is Fc1cc2c(c3ccccc13)-c1ccc(N(c3ccccc3)c3ccc4oc5ccccc5c4c3)cc1C2(c1ccccc1)c1ccccc1. The molecule has 0 amide bonds. The lowest BCUT2D eigenvalue weighted by atomic mass is 9.67. The number of para-hydroxylation sites is 2. The highest BCUT2D eigenvalue weighted by Gasteiger charge is 2.47. The summed E-state index contributed by atoms with van der Waals surface area (Å²) < 4.78 is 22.5. The van der Waals surface area contributed by atoms with Crippen LogP contribution < -0.4 is 4.90 Å². The fraction of sp³-hybridized carbons (Fsp3) is 0.0213. The zero-order chi connectivity index (χ0) is 33.2. The van der Waals surface area contributed by atoms with Gasteiger partial charge in [-0.3, -0.25) is 0 Å². The van der Waals surface area contributed by atoms with Crippen molar-refractivity contribution in [3.8, 4) is 11.1 Å². The van der Waals surface area contributed by atoms with Gasteiger partial charge in [0.05, 0.1) is 5.41 Å². The van der Waals surface area contributed by atoms with E-state index in [2.05, 4.69) is 132 Å². The second kappa shape index (κ2) is 11.0. The number of nitrogens with zero attached hydrogens (tertiary/aromatic N) is 1. The summed E-state index contributed by atoms with van der Waals surface area (Å²) in [6.45, 7) is 0. The number of fused-ring (bicyclic) bond motifs is 8. The topological polar surface area (TPSA) is 16.4 Å². The Morgan fingerprint density at radius 3 is 1.70 bits per heavy atom. The molecule has 0 bridgehead atoms. The van der Waals surface area contributed by atoms with Crippen LogP contribution in [0.1, 0.15) is 22.3 Å². The van der Waals surface area contributed by atoms with Gasteiger partial charge in [0.15, 0.2) is 0 Å². The molecule has 9 aromatic rings. The van der Waals surface area contributed by atoms with E-state index < -0.39 is 5.41 Å². The Bertz CT molecular complexity index is 2680. The molecule has 0 unspecified atom stereocenters. The third-order valence-corrected chi connectivity index (χ3v) is 10.4. The van der Waals surface area contributed by atoms with E-state index in [1.54, 1.807) is 6.07 Å². The molecule has 0 saturated carbocycles. The van der Waals surface area contributed by atoms with Crippen molar-refractivity contribution in [1.82, 2.24) is 0 Å². The Morgan fingerprint density at radius 1 is 0.420 bits per heavy atom. The zero-order valence-electron chi connectivity index (χ0n) is 27.1. The van der Waals surface area contributed by atoms with Crippen LogP contribution in [0.5, 0.6) is 0 Å². The Kier molecular flexibility index (Phi) is 6.31. The van der Waals surface area contributed by atoms with Gasteiger partial charge in [-0.15, -0.1) is 0 Å². The maximum absolute atomic E-state index is 16.3. The highest BCUT2D eigenvalue weighted by molar-refractivity contribution is 6.07. The lowest BCUT2D eigenvalue weighted by molar-refractivity contribution is 0.633. The number of rotatable bonds is 5. The molecular formula is C47H30FNO. The number of benzene rings is 8. The number of halogens is 1. The second-order valence-electron chi connectivity index (χ2n) is 13.0. The van der Waals surface area contributed by atoms with Crippen LogP contribution in [0.15, 0.2) is 186 Å². The largest absolute Gasteiger partial charge is 0.456 e. The van der Waals surface area contributed by atoms with E-state index >= 15 is 4.39 Å². The van der Waals surface area contributed by atoms with E-state index in [0.29, 0.717) is 5.39 Å². The van der Waals surface area contributed by atoms with E-state index in [0.717, 1.165) is 77.8 Å². The lowest BCUT2D eigenvalue weighted by Gasteiger charge is -2.35. The molecule has 0 N–H and O–H groups in total. The minimum atomic E-state index is -0.763. The van der Waals surface area contributed by atoms with Crippen molar-refractivity contribution in [2.75, 3.05) is 4.90 Å². The molecule has 0 fully saturated rings. The normalized spacial score (nSPS) is 13.1. The van der Waals surface area contributed by atoms with Gasteiger partial charge in [-0.25, -0.2) is 4.39 Å². The average molecular weight is 644 g/mol. The van der Waals surface area contributed by atoms with Gasteiger partial charge in [0.25, 0.3) is 0 Å². The van der Waals surface area contributed by atoms with Gasteiger partial charge in [0.1, 0.15) is 17.0 Å². The molecule has 8 aromatic carbocycles. The van der Waals surface area contributed by atoms with Gasteiger partial charge >= 0.3 is 0 Å². The van der Waals surface area contributed by atoms with E-state index in [4.69, 9.17) is 4.42 Å². The highest BCUT2D eigenvalue weighted by atomic mass is 19.1. The second-order valence-corrected chi connectivity index (χ2v) is 13.0. The van der Waals surface area contributed by atoms with Crippen molar-refractivity contribution in [3.63, 3.8) is 0 Å². The molecule has 1 aliphatic rings. The summed E-state index contributed by atoms with van der Waals surface area (Å²) in [5.74, 6) is -0.213. The molecule has 0 saturated heterocycles. The third-order valence-electron chi connectivity index (χ3n) is 10.4. The van der Waals surface area contributed by atoms with Crippen molar-refractivity contribution in [2.45, 2.75) is 5.41 Å². The van der Waals surface area contributed by atoms with Crippen molar-refractivity contribution in [2.24, 2.45) is 0 Å². The van der Waals surface area contributed by atoms with Crippen LogP contribution in [-0.2, 0) is 5.41 Å². The van der Waals surface area contributed by atoms with Crippen LogP contribution in [0.3, 0.4) is 0 Å². The predicted octanol–water partition coefficient (Wildman–Crippen LogP) is 12.7. The fourth-order valence-corrected chi connectivity index (χ4v) is 8.30. The van der Waals surface area contributed by atoms with E-state index in [9.17, 15) is 0 Å². The molecule has 2 nitrogen and oxygen atoms in total. The minimum Gasteiger partial charge on any atom is -0.456 e. The molecule has 1 heterocycles. The van der Waals surface area contributed by atoms with Gasteiger partial charge in [0.2, 0.25) is 0 Å². The molecule has 1 aliphatic carbocycles. The molecule has 10 rings (SSSR count). The Hall–Kier alpha value is -6.45. The molecule has 0 atom stereocenters. The Morgan fingerprint density at radius 2 is 0.980 bits per heavy atom. The van der Waals surface area contributed by atoms with Gasteiger partial charge in [-0.2, -0.15) is 0 Å². The quantitative estimate of drug-likeness (QED) is 0.186. The van der Waals surface area contributed by atoms with Gasteiger partial charge in [-0.05, 0) is 93.4 Å². The lowest BCUT2D eigenvalue weighted by Crippen LogP contribution is -2.29.